The van der Waals surface area contributed by atoms with Gasteiger partial charge in [0.05, 0.1) is 27.9 Å². The Balaban J connectivity index is 1.54. The zero-order valence-corrected chi connectivity index (χ0v) is 15.3. The van der Waals surface area contributed by atoms with Crippen LogP contribution in [-0.2, 0) is 10.5 Å². The van der Waals surface area contributed by atoms with Crippen molar-refractivity contribution >= 4 is 46.3 Å². The minimum atomic E-state index is -0.213. The third kappa shape index (κ3) is 4.20. The number of carbonyl (C=O) groups is 1. The Kier molecular flexibility index (Phi) is 5.60. The van der Waals surface area contributed by atoms with Gasteiger partial charge in [0, 0.05) is 11.1 Å². The van der Waals surface area contributed by atoms with E-state index < -0.39 is 0 Å². The lowest BCUT2D eigenvalue weighted by molar-refractivity contribution is -0.115. The summed E-state index contributed by atoms with van der Waals surface area (Å²) in [4.78, 5) is 16.8. The maximum atomic E-state index is 12.3. The lowest BCUT2D eigenvalue weighted by atomic mass is 10.3. The molecule has 2 heterocycles. The number of hydrogen-bond acceptors (Lipinski definition) is 5. The number of nitrogens with zero attached hydrogens (tertiary/aromatic N) is 1. The number of carbonyl (C=O) groups excluding carboxylic acids is 1. The first kappa shape index (κ1) is 17.1. The largest absolute Gasteiger partial charge is 0.462 e. The average Bonchev–Trinajstić information content (AvgIpc) is 3.25. The molecule has 24 heavy (non-hydrogen) atoms. The topological polar surface area (TPSA) is 55.1 Å². The second-order valence-corrected chi connectivity index (χ2v) is 7.64. The minimum Gasteiger partial charge on any atom is -0.462 e. The second-order valence-electron chi connectivity index (χ2n) is 5.04. The van der Waals surface area contributed by atoms with Crippen LogP contribution in [0.15, 0.2) is 52.5 Å². The van der Waals surface area contributed by atoms with Crippen molar-refractivity contribution in [2.24, 2.45) is 0 Å². The van der Waals surface area contributed by atoms with E-state index in [0.29, 0.717) is 16.5 Å². The number of aromatic nitrogens is 1. The van der Waals surface area contributed by atoms with Gasteiger partial charge < -0.3 is 9.73 Å². The van der Waals surface area contributed by atoms with Gasteiger partial charge >= 0.3 is 0 Å². The van der Waals surface area contributed by atoms with Crippen LogP contribution < -0.4 is 5.32 Å². The van der Waals surface area contributed by atoms with Gasteiger partial charge in [0.1, 0.15) is 0 Å². The van der Waals surface area contributed by atoms with Gasteiger partial charge in [-0.3, -0.25) is 4.79 Å². The van der Waals surface area contributed by atoms with Crippen molar-refractivity contribution in [1.82, 2.24) is 4.98 Å². The van der Waals surface area contributed by atoms with E-state index in [1.54, 1.807) is 18.4 Å². The molecular weight excluding hydrogens is 364 g/mol. The molecule has 0 aliphatic heterocycles. The van der Waals surface area contributed by atoms with Gasteiger partial charge in [-0.15, -0.1) is 23.1 Å². The summed E-state index contributed by atoms with van der Waals surface area (Å²) in [5.74, 6) is 1.35. The zero-order chi connectivity index (χ0) is 16.9. The van der Waals surface area contributed by atoms with Crippen molar-refractivity contribution < 1.29 is 9.21 Å². The van der Waals surface area contributed by atoms with Crippen LogP contribution in [0, 0.1) is 0 Å². The van der Waals surface area contributed by atoms with Crippen molar-refractivity contribution in [2.75, 3.05) is 5.32 Å². The standard InChI is InChI=1S/C17H15ClN2O2S2/c1-11(16(21)20-14-6-3-2-5-13(14)18)23-9-12-10-24-17(19-12)15-7-4-8-22-15/h2-8,10-11H,9H2,1H3,(H,20,21). The van der Waals surface area contributed by atoms with Crippen molar-refractivity contribution in [1.29, 1.82) is 0 Å². The molecule has 1 unspecified atom stereocenters. The molecule has 3 rings (SSSR count). The SMILES string of the molecule is CC(SCc1csc(-c2ccco2)n1)C(=O)Nc1ccccc1Cl. The van der Waals surface area contributed by atoms with E-state index in [2.05, 4.69) is 10.3 Å². The third-order valence-electron chi connectivity index (χ3n) is 3.27. The number of furan rings is 1. The Bertz CT molecular complexity index is 818. The Morgan fingerprint density at radius 1 is 1.38 bits per heavy atom. The van der Waals surface area contributed by atoms with Crippen LogP contribution in [0.25, 0.3) is 10.8 Å². The smallest absolute Gasteiger partial charge is 0.237 e. The second kappa shape index (κ2) is 7.88. The minimum absolute atomic E-state index is 0.0745. The fourth-order valence-electron chi connectivity index (χ4n) is 1.97. The van der Waals surface area contributed by atoms with E-state index in [4.69, 9.17) is 16.0 Å². The lowest BCUT2D eigenvalue weighted by Crippen LogP contribution is -2.22. The van der Waals surface area contributed by atoms with E-state index >= 15 is 0 Å². The van der Waals surface area contributed by atoms with Gasteiger partial charge in [-0.1, -0.05) is 23.7 Å². The Morgan fingerprint density at radius 2 is 2.21 bits per heavy atom. The molecule has 0 bridgehead atoms. The number of rotatable bonds is 6. The quantitative estimate of drug-likeness (QED) is 0.630. The molecule has 4 nitrogen and oxygen atoms in total. The fraction of sp³-hybridized carbons (Fsp3) is 0.176. The van der Waals surface area contributed by atoms with Crippen molar-refractivity contribution in [2.45, 2.75) is 17.9 Å². The lowest BCUT2D eigenvalue weighted by Gasteiger charge is -2.12. The van der Waals surface area contributed by atoms with Crippen molar-refractivity contribution in [3.63, 3.8) is 0 Å². The van der Waals surface area contributed by atoms with E-state index in [-0.39, 0.29) is 11.2 Å². The van der Waals surface area contributed by atoms with Gasteiger partial charge in [0.2, 0.25) is 5.91 Å². The molecule has 1 aromatic carbocycles. The predicted molar refractivity (Wildman–Crippen MR) is 101 cm³/mol. The molecule has 124 valence electrons. The first-order valence-electron chi connectivity index (χ1n) is 7.29. The van der Waals surface area contributed by atoms with E-state index in [1.807, 2.05) is 36.6 Å². The third-order valence-corrected chi connectivity index (χ3v) is 5.68. The van der Waals surface area contributed by atoms with Crippen LogP contribution in [0.2, 0.25) is 5.02 Å². The number of nitrogens with one attached hydrogen (secondary N) is 1. The molecule has 2 aromatic heterocycles. The molecule has 1 atom stereocenters. The van der Waals surface area contributed by atoms with Crippen LogP contribution >= 0.6 is 34.7 Å². The average molecular weight is 379 g/mol. The van der Waals surface area contributed by atoms with E-state index in [1.165, 1.54) is 23.1 Å². The van der Waals surface area contributed by atoms with Gasteiger partial charge in [0.25, 0.3) is 0 Å². The van der Waals surface area contributed by atoms with Gasteiger partial charge in [-0.05, 0) is 31.2 Å². The summed E-state index contributed by atoms with van der Waals surface area (Å²) in [5.41, 5.74) is 1.57. The maximum absolute atomic E-state index is 12.3. The number of anilines is 1. The summed E-state index contributed by atoms with van der Waals surface area (Å²) in [5, 5.41) is 6.01. The summed E-state index contributed by atoms with van der Waals surface area (Å²) in [6.45, 7) is 1.87. The first-order chi connectivity index (χ1) is 11.6. The van der Waals surface area contributed by atoms with Crippen LogP contribution in [-0.4, -0.2) is 16.1 Å². The highest BCUT2D eigenvalue weighted by Gasteiger charge is 2.16. The molecule has 3 aromatic rings. The van der Waals surface area contributed by atoms with E-state index in [0.717, 1.165) is 16.5 Å². The zero-order valence-electron chi connectivity index (χ0n) is 12.9. The number of thioether (sulfide) groups is 1. The Hall–Kier alpha value is -1.76. The number of thiazole rings is 1. The predicted octanol–water partition coefficient (Wildman–Crippen LogP) is 5.32. The maximum Gasteiger partial charge on any atom is 0.237 e. The molecular formula is C17H15ClN2O2S2. The summed E-state index contributed by atoms with van der Waals surface area (Å²) >= 11 is 9.13. The number of hydrogen-bond donors (Lipinski definition) is 1. The molecule has 0 radical (unpaired) electrons. The molecule has 1 N–H and O–H groups in total. The molecule has 0 spiro atoms. The van der Waals surface area contributed by atoms with Gasteiger partial charge in [-0.2, -0.15) is 0 Å². The summed E-state index contributed by atoms with van der Waals surface area (Å²) < 4.78 is 5.34. The number of benzene rings is 1. The molecule has 0 saturated carbocycles. The summed E-state index contributed by atoms with van der Waals surface area (Å²) in [7, 11) is 0. The normalized spacial score (nSPS) is 12.1. The van der Waals surface area contributed by atoms with Crippen molar-refractivity contribution in [3.8, 4) is 10.8 Å². The van der Waals surface area contributed by atoms with Gasteiger partial charge in [0.15, 0.2) is 10.8 Å². The van der Waals surface area contributed by atoms with Crippen LogP contribution in [0.4, 0.5) is 5.69 Å². The van der Waals surface area contributed by atoms with Crippen LogP contribution in [0.3, 0.4) is 0 Å². The Labute approximate surface area is 153 Å². The monoisotopic (exact) mass is 378 g/mol. The summed E-state index contributed by atoms with van der Waals surface area (Å²) in [6, 6.07) is 10.9. The molecule has 0 saturated heterocycles. The van der Waals surface area contributed by atoms with Crippen molar-refractivity contribution in [3.05, 3.63) is 58.8 Å². The Morgan fingerprint density at radius 3 is 2.96 bits per heavy atom. The fourth-order valence-corrected chi connectivity index (χ4v) is 3.82. The summed E-state index contributed by atoms with van der Waals surface area (Å²) in [6.07, 6.45) is 1.63. The molecule has 7 heteroatoms. The number of halogens is 1. The molecule has 0 aliphatic carbocycles. The molecule has 1 amide bonds. The molecule has 0 aliphatic rings. The first-order valence-corrected chi connectivity index (χ1v) is 9.59. The van der Waals surface area contributed by atoms with E-state index in [9.17, 15) is 4.79 Å². The number of para-hydroxylation sites is 1. The molecule has 0 fully saturated rings. The van der Waals surface area contributed by atoms with Gasteiger partial charge in [-0.25, -0.2) is 4.98 Å². The number of amides is 1. The van der Waals surface area contributed by atoms with Crippen LogP contribution in [0.5, 0.6) is 0 Å². The highest BCUT2D eigenvalue weighted by atomic mass is 35.5. The van der Waals surface area contributed by atoms with Crippen LogP contribution in [0.1, 0.15) is 12.6 Å². The highest BCUT2D eigenvalue weighted by Crippen LogP contribution is 2.27. The highest BCUT2D eigenvalue weighted by molar-refractivity contribution is 7.99.